The van der Waals surface area contributed by atoms with E-state index in [-0.39, 0.29) is 0 Å². The minimum Gasteiger partial charge on any atom is -0.493 e. The summed E-state index contributed by atoms with van der Waals surface area (Å²) in [6.45, 7) is 1.60. The number of hydrogen-bond donors (Lipinski definition) is 1. The van der Waals surface area contributed by atoms with E-state index in [4.69, 9.17) is 24.7 Å². The van der Waals surface area contributed by atoms with Crippen LogP contribution in [0.1, 0.15) is 6.42 Å². The van der Waals surface area contributed by atoms with Crippen LogP contribution in [-0.2, 0) is 0 Å². The molecule has 0 saturated carbocycles. The number of nitrogens with two attached hydrogens (primary N) is 1. The van der Waals surface area contributed by atoms with E-state index in [0.29, 0.717) is 35.6 Å². The van der Waals surface area contributed by atoms with Gasteiger partial charge in [0.05, 0.1) is 27.9 Å². The number of methoxy groups -OCH3 is 3. The van der Waals surface area contributed by atoms with Gasteiger partial charge in [-0.25, -0.2) is 9.97 Å². The van der Waals surface area contributed by atoms with E-state index in [0.717, 1.165) is 35.2 Å². The second-order valence-corrected chi connectivity index (χ2v) is 7.46. The lowest BCUT2D eigenvalue weighted by Gasteiger charge is -2.15. The zero-order chi connectivity index (χ0) is 23.1. The van der Waals surface area contributed by atoms with Gasteiger partial charge in [0.1, 0.15) is 5.82 Å². The second-order valence-electron chi connectivity index (χ2n) is 7.46. The lowest BCUT2D eigenvalue weighted by molar-refractivity contribution is 0.273. The van der Waals surface area contributed by atoms with Crippen molar-refractivity contribution in [1.82, 2.24) is 14.9 Å². The number of nitrogen functional groups attached to an aromatic ring is 1. The molecule has 0 radical (unpaired) electrons. The van der Waals surface area contributed by atoms with Gasteiger partial charge in [-0.3, -0.25) is 0 Å². The van der Waals surface area contributed by atoms with Gasteiger partial charge in [-0.15, -0.1) is 0 Å². The first-order chi connectivity index (χ1) is 15.5. The summed E-state index contributed by atoms with van der Waals surface area (Å²) in [5.41, 5.74) is 9.56. The van der Waals surface area contributed by atoms with E-state index in [1.54, 1.807) is 33.7 Å². The number of aromatic nitrogens is 2. The SMILES string of the molecule is COc1cc(-c2cc(-c3ccc(OCCCN(C)C)nc3)cnc2N)cc(OC)c1OC. The van der Waals surface area contributed by atoms with Gasteiger partial charge in [0, 0.05) is 41.7 Å². The van der Waals surface area contributed by atoms with Gasteiger partial charge in [-0.05, 0) is 50.3 Å². The van der Waals surface area contributed by atoms with Crippen LogP contribution >= 0.6 is 0 Å². The van der Waals surface area contributed by atoms with Crippen LogP contribution in [0.25, 0.3) is 22.3 Å². The molecule has 170 valence electrons. The Morgan fingerprint density at radius 1 is 0.844 bits per heavy atom. The number of nitrogens with zero attached hydrogens (tertiary/aromatic N) is 3. The monoisotopic (exact) mass is 438 g/mol. The van der Waals surface area contributed by atoms with Crippen molar-refractivity contribution < 1.29 is 18.9 Å². The topological polar surface area (TPSA) is 92.0 Å². The molecular formula is C24H30N4O4. The minimum absolute atomic E-state index is 0.400. The van der Waals surface area contributed by atoms with Crippen molar-refractivity contribution in [2.75, 3.05) is 54.3 Å². The summed E-state index contributed by atoms with van der Waals surface area (Å²) in [6, 6.07) is 9.49. The molecule has 3 rings (SSSR count). The number of pyridine rings is 2. The van der Waals surface area contributed by atoms with Crippen molar-refractivity contribution in [2.24, 2.45) is 0 Å². The van der Waals surface area contributed by atoms with Crippen molar-refractivity contribution in [3.8, 4) is 45.4 Å². The van der Waals surface area contributed by atoms with Gasteiger partial charge >= 0.3 is 0 Å². The van der Waals surface area contributed by atoms with E-state index in [9.17, 15) is 0 Å². The average Bonchev–Trinajstić information content (AvgIpc) is 2.81. The molecule has 0 unspecified atom stereocenters. The molecule has 0 aliphatic heterocycles. The summed E-state index contributed by atoms with van der Waals surface area (Å²) in [6.07, 6.45) is 4.44. The Hall–Kier alpha value is -3.52. The molecule has 0 aliphatic carbocycles. The van der Waals surface area contributed by atoms with Crippen LogP contribution in [0.4, 0.5) is 5.82 Å². The maximum Gasteiger partial charge on any atom is 0.213 e. The zero-order valence-electron chi connectivity index (χ0n) is 19.2. The molecule has 0 atom stereocenters. The van der Waals surface area contributed by atoms with Gasteiger partial charge in [0.15, 0.2) is 11.5 Å². The molecule has 0 amide bonds. The Morgan fingerprint density at radius 2 is 1.53 bits per heavy atom. The highest BCUT2D eigenvalue weighted by atomic mass is 16.5. The molecule has 1 aromatic carbocycles. The van der Waals surface area contributed by atoms with Gasteiger partial charge in [0.25, 0.3) is 0 Å². The molecule has 0 saturated heterocycles. The van der Waals surface area contributed by atoms with Gasteiger partial charge in [-0.1, -0.05) is 0 Å². The first-order valence-electron chi connectivity index (χ1n) is 10.3. The molecule has 8 nitrogen and oxygen atoms in total. The quantitative estimate of drug-likeness (QED) is 0.479. The molecule has 2 heterocycles. The van der Waals surface area contributed by atoms with Crippen LogP contribution in [0.5, 0.6) is 23.1 Å². The van der Waals surface area contributed by atoms with E-state index < -0.39 is 0 Å². The summed E-state index contributed by atoms with van der Waals surface area (Å²) >= 11 is 0. The molecule has 0 aliphatic rings. The molecule has 2 aromatic heterocycles. The molecule has 8 heteroatoms. The third-order valence-corrected chi connectivity index (χ3v) is 4.96. The second kappa shape index (κ2) is 10.7. The fraction of sp³-hybridized carbons (Fsp3) is 0.333. The first-order valence-corrected chi connectivity index (χ1v) is 10.3. The van der Waals surface area contributed by atoms with Crippen LogP contribution in [-0.4, -0.2) is 63.4 Å². The van der Waals surface area contributed by atoms with Crippen LogP contribution < -0.4 is 24.7 Å². The smallest absolute Gasteiger partial charge is 0.213 e. The van der Waals surface area contributed by atoms with Crippen molar-refractivity contribution in [3.05, 3.63) is 42.7 Å². The average molecular weight is 439 g/mol. The number of ether oxygens (including phenoxy) is 4. The normalized spacial score (nSPS) is 10.8. The highest BCUT2D eigenvalue weighted by Crippen LogP contribution is 2.42. The molecule has 0 fully saturated rings. The standard InChI is InChI=1S/C24H30N4O4/c1-28(2)9-6-10-32-22-8-7-16(14-26-22)18-11-19(24(25)27-15-18)17-12-20(29-3)23(31-5)21(13-17)30-4/h7-8,11-15H,6,9-10H2,1-5H3,(H2,25,27). The van der Waals surface area contributed by atoms with Gasteiger partial charge < -0.3 is 29.6 Å². The fourth-order valence-electron chi connectivity index (χ4n) is 3.29. The van der Waals surface area contributed by atoms with E-state index in [2.05, 4.69) is 14.9 Å². The zero-order valence-corrected chi connectivity index (χ0v) is 19.2. The maximum atomic E-state index is 6.20. The minimum atomic E-state index is 0.400. The third kappa shape index (κ3) is 5.39. The van der Waals surface area contributed by atoms with E-state index >= 15 is 0 Å². The van der Waals surface area contributed by atoms with Crippen LogP contribution in [0.3, 0.4) is 0 Å². The first kappa shape index (κ1) is 23.1. The summed E-state index contributed by atoms with van der Waals surface area (Å²) < 4.78 is 22.1. The van der Waals surface area contributed by atoms with Crippen LogP contribution in [0.2, 0.25) is 0 Å². The van der Waals surface area contributed by atoms with Gasteiger partial charge in [-0.2, -0.15) is 0 Å². The Kier molecular flexibility index (Phi) is 7.72. The Bertz CT molecular complexity index is 1010. The number of rotatable bonds is 10. The predicted octanol–water partition coefficient (Wildman–Crippen LogP) is 3.75. The third-order valence-electron chi connectivity index (χ3n) is 4.96. The Balaban J connectivity index is 1.86. The summed E-state index contributed by atoms with van der Waals surface area (Å²) in [4.78, 5) is 10.9. The summed E-state index contributed by atoms with van der Waals surface area (Å²) in [5.74, 6) is 2.61. The molecule has 0 bridgehead atoms. The fourth-order valence-corrected chi connectivity index (χ4v) is 3.29. The van der Waals surface area contributed by atoms with E-state index in [1.807, 2.05) is 44.4 Å². The lowest BCUT2D eigenvalue weighted by atomic mass is 10.0. The maximum absolute atomic E-state index is 6.20. The van der Waals surface area contributed by atoms with Crippen LogP contribution in [0.15, 0.2) is 42.7 Å². The Labute approximate surface area is 188 Å². The molecule has 32 heavy (non-hydrogen) atoms. The molecule has 2 N–H and O–H groups in total. The lowest BCUT2D eigenvalue weighted by Crippen LogP contribution is -2.15. The van der Waals surface area contributed by atoms with Crippen molar-refractivity contribution in [2.45, 2.75) is 6.42 Å². The van der Waals surface area contributed by atoms with Crippen LogP contribution in [0, 0.1) is 0 Å². The van der Waals surface area contributed by atoms with Crippen molar-refractivity contribution in [3.63, 3.8) is 0 Å². The number of hydrogen-bond acceptors (Lipinski definition) is 8. The summed E-state index contributed by atoms with van der Waals surface area (Å²) in [5, 5.41) is 0. The van der Waals surface area contributed by atoms with E-state index in [1.165, 1.54) is 0 Å². The number of benzene rings is 1. The number of anilines is 1. The Morgan fingerprint density at radius 3 is 2.09 bits per heavy atom. The summed E-state index contributed by atoms with van der Waals surface area (Å²) in [7, 11) is 8.81. The molecular weight excluding hydrogens is 408 g/mol. The largest absolute Gasteiger partial charge is 0.493 e. The predicted molar refractivity (Wildman–Crippen MR) is 126 cm³/mol. The van der Waals surface area contributed by atoms with Crippen molar-refractivity contribution in [1.29, 1.82) is 0 Å². The molecule has 3 aromatic rings. The molecule has 0 spiro atoms. The van der Waals surface area contributed by atoms with Gasteiger partial charge in [0.2, 0.25) is 11.6 Å². The van der Waals surface area contributed by atoms with Crippen molar-refractivity contribution >= 4 is 5.82 Å². The highest BCUT2D eigenvalue weighted by molar-refractivity contribution is 5.81. The highest BCUT2D eigenvalue weighted by Gasteiger charge is 2.16.